The van der Waals surface area contributed by atoms with E-state index in [0.29, 0.717) is 10.0 Å². The van der Waals surface area contributed by atoms with Crippen LogP contribution in [0, 0.1) is 0 Å². The molecule has 0 spiro atoms. The van der Waals surface area contributed by atoms with Crippen molar-refractivity contribution in [3.05, 3.63) is 88.9 Å². The van der Waals surface area contributed by atoms with Gasteiger partial charge in [-0.25, -0.2) is 4.98 Å². The summed E-state index contributed by atoms with van der Waals surface area (Å²) >= 11 is 13.2. The number of hydrogen-bond acceptors (Lipinski definition) is 1. The number of hydrogen-bond donors (Lipinski definition) is 0. The summed E-state index contributed by atoms with van der Waals surface area (Å²) in [6, 6.07) is 26.4. The van der Waals surface area contributed by atoms with E-state index < -0.39 is 0 Å². The summed E-state index contributed by atoms with van der Waals surface area (Å²) in [4.78, 5) is 5.12. The fourth-order valence-corrected chi connectivity index (χ4v) is 4.35. The Morgan fingerprint density at radius 1 is 0.733 bits per heavy atom. The Morgan fingerprint density at radius 2 is 1.33 bits per heavy atom. The molecule has 2 nitrogen and oxygen atoms in total. The average molecular weight is 435 g/mol. The highest BCUT2D eigenvalue weighted by atomic mass is 35.5. The molecule has 0 saturated heterocycles. The van der Waals surface area contributed by atoms with E-state index in [9.17, 15) is 0 Å². The standard InChI is InChI=1S/C26H24Cl2N2/c1-2-3-10-18-30-25(20-14-8-5-9-15-20)24(19-12-6-4-7-13-19)29-26(30)23-21(27)16-11-17-22(23)28/h4-9,11-17H,2-3,10,18H2,1H3. The van der Waals surface area contributed by atoms with Gasteiger partial charge in [0, 0.05) is 17.7 Å². The minimum atomic E-state index is 0.614. The molecule has 0 atom stereocenters. The molecule has 4 rings (SSSR count). The first-order valence-corrected chi connectivity index (χ1v) is 11.1. The van der Waals surface area contributed by atoms with Crippen LogP contribution in [0.5, 0.6) is 0 Å². The minimum absolute atomic E-state index is 0.614. The van der Waals surface area contributed by atoms with Gasteiger partial charge in [-0.1, -0.05) is 110 Å². The maximum atomic E-state index is 6.61. The molecular formula is C26H24Cl2N2. The Kier molecular flexibility index (Phi) is 6.56. The third-order valence-corrected chi connectivity index (χ3v) is 5.86. The monoisotopic (exact) mass is 434 g/mol. The molecule has 0 N–H and O–H groups in total. The normalized spacial score (nSPS) is 11.0. The number of benzene rings is 3. The molecule has 3 aromatic carbocycles. The molecule has 1 heterocycles. The molecule has 0 radical (unpaired) electrons. The first-order valence-electron chi connectivity index (χ1n) is 10.4. The summed E-state index contributed by atoms with van der Waals surface area (Å²) in [6.07, 6.45) is 3.38. The van der Waals surface area contributed by atoms with E-state index in [4.69, 9.17) is 28.2 Å². The van der Waals surface area contributed by atoms with Crippen molar-refractivity contribution in [2.75, 3.05) is 0 Å². The molecule has 0 unspecified atom stereocenters. The lowest BCUT2D eigenvalue weighted by Crippen LogP contribution is -2.04. The summed E-state index contributed by atoms with van der Waals surface area (Å²) in [7, 11) is 0. The second-order valence-corrected chi connectivity index (χ2v) is 8.13. The Balaban J connectivity index is 2.01. The van der Waals surface area contributed by atoms with Crippen molar-refractivity contribution in [3.63, 3.8) is 0 Å². The van der Waals surface area contributed by atoms with E-state index in [-0.39, 0.29) is 0 Å². The Morgan fingerprint density at radius 3 is 1.93 bits per heavy atom. The summed E-state index contributed by atoms with van der Waals surface area (Å²) in [6.45, 7) is 3.07. The van der Waals surface area contributed by atoms with E-state index in [2.05, 4.69) is 47.9 Å². The van der Waals surface area contributed by atoms with Crippen LogP contribution in [0.15, 0.2) is 78.9 Å². The van der Waals surface area contributed by atoms with E-state index >= 15 is 0 Å². The van der Waals surface area contributed by atoms with Gasteiger partial charge < -0.3 is 4.57 Å². The topological polar surface area (TPSA) is 17.8 Å². The van der Waals surface area contributed by atoms with Crippen molar-refractivity contribution < 1.29 is 0 Å². The van der Waals surface area contributed by atoms with Gasteiger partial charge in [0.05, 0.1) is 27.0 Å². The third kappa shape index (κ3) is 4.16. The van der Waals surface area contributed by atoms with Crippen molar-refractivity contribution in [2.24, 2.45) is 0 Å². The van der Waals surface area contributed by atoms with Gasteiger partial charge in [-0.15, -0.1) is 0 Å². The zero-order valence-electron chi connectivity index (χ0n) is 17.0. The fourth-order valence-electron chi connectivity index (χ4n) is 3.78. The van der Waals surface area contributed by atoms with Gasteiger partial charge in [-0.3, -0.25) is 0 Å². The van der Waals surface area contributed by atoms with Gasteiger partial charge in [0.2, 0.25) is 0 Å². The molecular weight excluding hydrogens is 411 g/mol. The van der Waals surface area contributed by atoms with Gasteiger partial charge in [0.15, 0.2) is 0 Å². The van der Waals surface area contributed by atoms with Crippen LogP contribution in [-0.4, -0.2) is 9.55 Å². The maximum Gasteiger partial charge on any atom is 0.144 e. The molecule has 0 saturated carbocycles. The molecule has 0 bridgehead atoms. The van der Waals surface area contributed by atoms with Crippen LogP contribution in [0.3, 0.4) is 0 Å². The zero-order valence-corrected chi connectivity index (χ0v) is 18.5. The smallest absolute Gasteiger partial charge is 0.144 e. The molecule has 0 aliphatic heterocycles. The number of imidazole rings is 1. The second-order valence-electron chi connectivity index (χ2n) is 7.32. The van der Waals surface area contributed by atoms with Gasteiger partial charge in [-0.2, -0.15) is 0 Å². The van der Waals surface area contributed by atoms with Crippen molar-refractivity contribution in [3.8, 4) is 33.9 Å². The number of halogens is 2. The highest BCUT2D eigenvalue weighted by Gasteiger charge is 2.23. The maximum absolute atomic E-state index is 6.61. The molecule has 0 aliphatic carbocycles. The summed E-state index contributed by atoms with van der Waals surface area (Å²) < 4.78 is 2.29. The van der Waals surface area contributed by atoms with E-state index in [1.165, 1.54) is 0 Å². The first-order chi connectivity index (χ1) is 14.7. The van der Waals surface area contributed by atoms with Gasteiger partial charge in [0.1, 0.15) is 5.82 Å². The molecule has 1 aromatic heterocycles. The molecule has 0 aliphatic rings. The lowest BCUT2D eigenvalue weighted by molar-refractivity contribution is 0.610. The van der Waals surface area contributed by atoms with Crippen molar-refractivity contribution >= 4 is 23.2 Å². The van der Waals surface area contributed by atoms with Crippen molar-refractivity contribution in [1.29, 1.82) is 0 Å². The van der Waals surface area contributed by atoms with E-state index in [0.717, 1.165) is 59.7 Å². The predicted molar refractivity (Wildman–Crippen MR) is 128 cm³/mol. The highest BCUT2D eigenvalue weighted by molar-refractivity contribution is 6.39. The molecule has 0 amide bonds. The lowest BCUT2D eigenvalue weighted by atomic mass is 10.0. The van der Waals surface area contributed by atoms with Gasteiger partial charge in [-0.05, 0) is 18.6 Å². The SMILES string of the molecule is CCCCCn1c(-c2c(Cl)cccc2Cl)nc(-c2ccccc2)c1-c1ccccc1. The van der Waals surface area contributed by atoms with Gasteiger partial charge >= 0.3 is 0 Å². The number of aromatic nitrogens is 2. The van der Waals surface area contributed by atoms with Crippen molar-refractivity contribution in [2.45, 2.75) is 32.7 Å². The van der Waals surface area contributed by atoms with Crippen LogP contribution in [0.4, 0.5) is 0 Å². The number of unbranched alkanes of at least 4 members (excludes halogenated alkanes) is 2. The van der Waals surface area contributed by atoms with Gasteiger partial charge in [0.25, 0.3) is 0 Å². The molecule has 152 valence electrons. The average Bonchev–Trinajstić information content (AvgIpc) is 3.14. The zero-order chi connectivity index (χ0) is 20.9. The number of rotatable bonds is 7. The quantitative estimate of drug-likeness (QED) is 0.267. The van der Waals surface area contributed by atoms with Crippen LogP contribution < -0.4 is 0 Å². The summed E-state index contributed by atoms with van der Waals surface area (Å²) in [5, 5.41) is 1.23. The third-order valence-electron chi connectivity index (χ3n) is 5.23. The summed E-state index contributed by atoms with van der Waals surface area (Å²) in [5.74, 6) is 0.819. The van der Waals surface area contributed by atoms with E-state index in [1.807, 2.05) is 42.5 Å². The molecule has 30 heavy (non-hydrogen) atoms. The van der Waals surface area contributed by atoms with Crippen molar-refractivity contribution in [1.82, 2.24) is 9.55 Å². The lowest BCUT2D eigenvalue weighted by Gasteiger charge is -2.14. The highest BCUT2D eigenvalue weighted by Crippen LogP contribution is 2.40. The second kappa shape index (κ2) is 9.51. The minimum Gasteiger partial charge on any atom is -0.323 e. The van der Waals surface area contributed by atoms with Crippen LogP contribution in [-0.2, 0) is 6.54 Å². The van der Waals surface area contributed by atoms with Crippen LogP contribution in [0.25, 0.3) is 33.9 Å². The van der Waals surface area contributed by atoms with E-state index in [1.54, 1.807) is 0 Å². The molecule has 0 fully saturated rings. The fraction of sp³-hybridized carbons (Fsp3) is 0.192. The summed E-state index contributed by atoms with van der Waals surface area (Å²) in [5.41, 5.74) is 5.05. The van der Waals surface area contributed by atoms with Crippen LogP contribution in [0.1, 0.15) is 26.2 Å². The first kappa shape index (κ1) is 20.7. The Labute approximate surface area is 188 Å². The van der Waals surface area contributed by atoms with Crippen LogP contribution in [0.2, 0.25) is 10.0 Å². The Hall–Kier alpha value is -2.55. The number of nitrogens with zero attached hydrogens (tertiary/aromatic N) is 2. The van der Waals surface area contributed by atoms with Crippen LogP contribution >= 0.6 is 23.2 Å². The molecule has 4 heteroatoms. The Bertz CT molecular complexity index is 1100. The predicted octanol–water partition coefficient (Wildman–Crippen LogP) is 8.38. The largest absolute Gasteiger partial charge is 0.323 e. The molecule has 4 aromatic rings.